The lowest BCUT2D eigenvalue weighted by Gasteiger charge is -2.16. The first-order valence-electron chi connectivity index (χ1n) is 13.1. The molecule has 5 rings (SSSR count). The summed E-state index contributed by atoms with van der Waals surface area (Å²) in [5.74, 6) is -0.470. The van der Waals surface area contributed by atoms with Gasteiger partial charge in [-0.15, -0.1) is 0 Å². The number of aliphatic imine (C=N–C) groups is 1. The highest BCUT2D eigenvalue weighted by atomic mass is 32.2. The van der Waals surface area contributed by atoms with Crippen LogP contribution in [-0.2, 0) is 27.5 Å². The highest BCUT2D eigenvalue weighted by Gasteiger charge is 2.39. The number of halogens is 1. The van der Waals surface area contributed by atoms with Gasteiger partial charge in [0.1, 0.15) is 29.5 Å². The van der Waals surface area contributed by atoms with Gasteiger partial charge >= 0.3 is 6.09 Å². The molecule has 42 heavy (non-hydrogen) atoms. The minimum absolute atomic E-state index is 0.0912. The topological polar surface area (TPSA) is 113 Å². The quantitative estimate of drug-likeness (QED) is 0.242. The molecule has 3 aromatic carbocycles. The Balaban J connectivity index is 1.22. The highest BCUT2D eigenvalue weighted by Crippen LogP contribution is 2.41. The molecule has 0 saturated carbocycles. The molecular formula is C31H27FN4O5S. The Hall–Kier alpha value is -4.90. The van der Waals surface area contributed by atoms with Gasteiger partial charge in [0.2, 0.25) is 11.8 Å². The van der Waals surface area contributed by atoms with Gasteiger partial charge in [-0.05, 0) is 60.5 Å². The minimum Gasteiger partial charge on any atom is -0.467 e. The second-order valence-electron chi connectivity index (χ2n) is 9.41. The average Bonchev–Trinajstić information content (AvgIpc) is 3.61. The number of ether oxygens (including phenoxy) is 1. The van der Waals surface area contributed by atoms with Crippen LogP contribution in [0.1, 0.15) is 29.1 Å². The van der Waals surface area contributed by atoms with Gasteiger partial charge in [-0.1, -0.05) is 60.3 Å². The molecule has 2 heterocycles. The summed E-state index contributed by atoms with van der Waals surface area (Å²) in [6.45, 7) is 1.82. The van der Waals surface area contributed by atoms with E-state index in [2.05, 4.69) is 15.6 Å². The number of thioether (sulfide) groups is 1. The first-order chi connectivity index (χ1) is 20.4. The van der Waals surface area contributed by atoms with Crippen molar-refractivity contribution in [2.24, 2.45) is 4.99 Å². The van der Waals surface area contributed by atoms with Crippen molar-refractivity contribution in [1.29, 1.82) is 0 Å². The summed E-state index contributed by atoms with van der Waals surface area (Å²) in [4.78, 5) is 44.3. The van der Waals surface area contributed by atoms with Crippen LogP contribution in [-0.4, -0.2) is 34.0 Å². The number of rotatable bonds is 9. The molecule has 0 spiro atoms. The number of furan rings is 1. The van der Waals surface area contributed by atoms with E-state index in [4.69, 9.17) is 9.15 Å². The van der Waals surface area contributed by atoms with Crippen LogP contribution < -0.4 is 10.6 Å². The van der Waals surface area contributed by atoms with Gasteiger partial charge in [-0.25, -0.2) is 14.2 Å². The highest BCUT2D eigenvalue weighted by molar-refractivity contribution is 8.15. The van der Waals surface area contributed by atoms with E-state index in [1.54, 1.807) is 55.5 Å². The Labute approximate surface area is 245 Å². The molecule has 1 aliphatic rings. The molecule has 9 nitrogen and oxygen atoms in total. The van der Waals surface area contributed by atoms with Crippen LogP contribution in [0.3, 0.4) is 0 Å². The molecule has 1 unspecified atom stereocenters. The lowest BCUT2D eigenvalue weighted by Crippen LogP contribution is -2.41. The summed E-state index contributed by atoms with van der Waals surface area (Å²) in [5, 5.41) is 5.08. The fourth-order valence-corrected chi connectivity index (χ4v) is 5.28. The van der Waals surface area contributed by atoms with Gasteiger partial charge in [0.25, 0.3) is 0 Å². The molecule has 0 aliphatic carbocycles. The molecule has 2 N–H and O–H groups in total. The van der Waals surface area contributed by atoms with Crippen molar-refractivity contribution in [1.82, 2.24) is 10.2 Å². The summed E-state index contributed by atoms with van der Waals surface area (Å²) in [7, 11) is 0. The van der Waals surface area contributed by atoms with E-state index in [0.717, 1.165) is 5.56 Å². The predicted octanol–water partition coefficient (Wildman–Crippen LogP) is 6.18. The van der Waals surface area contributed by atoms with E-state index in [0.29, 0.717) is 27.9 Å². The lowest BCUT2D eigenvalue weighted by molar-refractivity contribution is -0.126. The van der Waals surface area contributed by atoms with Gasteiger partial charge in [-0.2, -0.15) is 0 Å². The number of amidine groups is 1. The maximum atomic E-state index is 13.8. The molecule has 3 amide bonds. The Morgan fingerprint density at radius 2 is 1.83 bits per heavy atom. The van der Waals surface area contributed by atoms with Crippen molar-refractivity contribution < 1.29 is 27.9 Å². The van der Waals surface area contributed by atoms with Crippen LogP contribution >= 0.6 is 11.8 Å². The van der Waals surface area contributed by atoms with Crippen molar-refractivity contribution in [2.45, 2.75) is 31.4 Å². The number of hydrogen-bond acceptors (Lipinski definition) is 7. The second kappa shape index (κ2) is 13.2. The summed E-state index contributed by atoms with van der Waals surface area (Å²) >= 11 is 1.25. The molecule has 11 heteroatoms. The smallest absolute Gasteiger partial charge is 0.408 e. The Morgan fingerprint density at radius 1 is 1.05 bits per heavy atom. The van der Waals surface area contributed by atoms with E-state index in [9.17, 15) is 18.8 Å². The third-order valence-corrected chi connectivity index (χ3v) is 7.52. The molecule has 214 valence electrons. The molecule has 1 aromatic heterocycles. The largest absolute Gasteiger partial charge is 0.467 e. The molecule has 0 radical (unpaired) electrons. The van der Waals surface area contributed by atoms with Crippen molar-refractivity contribution >= 4 is 46.2 Å². The number of carbonyl (C=O) groups is 3. The summed E-state index contributed by atoms with van der Waals surface area (Å²) in [6, 6.07) is 24.6. The van der Waals surface area contributed by atoms with Crippen molar-refractivity contribution in [3.8, 4) is 0 Å². The molecular weight excluding hydrogens is 559 g/mol. The standard InChI is InChI=1S/C31H27FN4O5S/c1-20(33-31(39)41-19-21-7-3-2-4-8-21)28(37)34-24-14-12-22(13-15-24)27-29(38)36(18-26-11-6-16-40-26)30(42-27)35-25-10-5-9-23(32)17-25/h2-17,20,27H,18-19H2,1H3,(H,33,39)(H,34,37)/b35-30+/t20-,27?/m0/s1. The zero-order valence-electron chi connectivity index (χ0n) is 22.5. The lowest BCUT2D eigenvalue weighted by atomic mass is 10.1. The average molecular weight is 587 g/mol. The van der Waals surface area contributed by atoms with Crippen LogP contribution in [0.4, 0.5) is 20.6 Å². The van der Waals surface area contributed by atoms with E-state index in [1.807, 2.05) is 30.3 Å². The van der Waals surface area contributed by atoms with E-state index in [1.165, 1.54) is 35.1 Å². The zero-order chi connectivity index (χ0) is 29.5. The first kappa shape index (κ1) is 28.6. The number of anilines is 1. The molecule has 1 saturated heterocycles. The number of nitrogens with zero attached hydrogens (tertiary/aromatic N) is 2. The predicted molar refractivity (Wildman–Crippen MR) is 157 cm³/mol. The first-order valence-corrected chi connectivity index (χ1v) is 14.0. The Kier molecular flexibility index (Phi) is 8.98. The van der Waals surface area contributed by atoms with Crippen LogP contribution in [0, 0.1) is 5.82 Å². The molecule has 1 fully saturated rings. The number of nitrogens with one attached hydrogen (secondary N) is 2. The molecule has 0 bridgehead atoms. The van der Waals surface area contributed by atoms with E-state index in [-0.39, 0.29) is 19.1 Å². The minimum atomic E-state index is -0.850. The zero-order valence-corrected chi connectivity index (χ0v) is 23.3. The van der Waals surface area contributed by atoms with Crippen molar-refractivity contribution in [2.75, 3.05) is 5.32 Å². The number of hydrogen-bond donors (Lipinski definition) is 2. The molecule has 2 atom stereocenters. The third-order valence-electron chi connectivity index (χ3n) is 6.29. The summed E-state index contributed by atoms with van der Waals surface area (Å²) in [6.07, 6.45) is 0.824. The van der Waals surface area contributed by atoms with E-state index < -0.39 is 29.1 Å². The van der Waals surface area contributed by atoms with Gasteiger partial charge in [-0.3, -0.25) is 14.5 Å². The normalized spacial score (nSPS) is 16.3. The fourth-order valence-electron chi connectivity index (χ4n) is 4.11. The summed E-state index contributed by atoms with van der Waals surface area (Å²) in [5.41, 5.74) is 2.42. The van der Waals surface area contributed by atoms with Crippen molar-refractivity contribution in [3.63, 3.8) is 0 Å². The third kappa shape index (κ3) is 7.24. The second-order valence-corrected chi connectivity index (χ2v) is 10.5. The van der Waals surface area contributed by atoms with Crippen LogP contribution in [0.15, 0.2) is 107 Å². The maximum Gasteiger partial charge on any atom is 0.408 e. The molecule has 4 aromatic rings. The monoisotopic (exact) mass is 586 g/mol. The summed E-state index contributed by atoms with van der Waals surface area (Å²) < 4.78 is 24.4. The van der Waals surface area contributed by atoms with E-state index >= 15 is 0 Å². The van der Waals surface area contributed by atoms with Gasteiger partial charge in [0, 0.05) is 5.69 Å². The number of alkyl carbamates (subject to hydrolysis) is 1. The van der Waals surface area contributed by atoms with Gasteiger partial charge < -0.3 is 19.8 Å². The maximum absolute atomic E-state index is 13.8. The molecule has 1 aliphatic heterocycles. The fraction of sp³-hybridized carbons (Fsp3) is 0.161. The van der Waals surface area contributed by atoms with Crippen LogP contribution in [0.25, 0.3) is 0 Å². The van der Waals surface area contributed by atoms with Gasteiger partial charge in [0.05, 0.1) is 18.5 Å². The van der Waals surface area contributed by atoms with Crippen LogP contribution in [0.2, 0.25) is 0 Å². The number of benzene rings is 3. The number of amides is 3. The van der Waals surface area contributed by atoms with Crippen molar-refractivity contribution in [3.05, 3.63) is 120 Å². The Bertz CT molecular complexity index is 1580. The van der Waals surface area contributed by atoms with Crippen LogP contribution in [0.5, 0.6) is 0 Å². The number of carbonyl (C=O) groups excluding carboxylic acids is 3. The Morgan fingerprint density at radius 3 is 2.55 bits per heavy atom. The SMILES string of the molecule is C[C@H](NC(=O)OCc1ccccc1)C(=O)Nc1ccc(C2S/C(=N/c3cccc(F)c3)N(Cc3ccco3)C2=O)cc1. The van der Waals surface area contributed by atoms with Gasteiger partial charge in [0.15, 0.2) is 5.17 Å².